The summed E-state index contributed by atoms with van der Waals surface area (Å²) in [7, 11) is -3.58. The van der Waals surface area contributed by atoms with Crippen molar-refractivity contribution in [3.63, 3.8) is 0 Å². The van der Waals surface area contributed by atoms with Crippen molar-refractivity contribution in [2.45, 2.75) is 39.2 Å². The zero-order valence-corrected chi connectivity index (χ0v) is 16.8. The summed E-state index contributed by atoms with van der Waals surface area (Å²) >= 11 is 0. The Morgan fingerprint density at radius 3 is 2.63 bits per heavy atom. The second-order valence-corrected chi connectivity index (χ2v) is 9.11. The highest BCUT2D eigenvalue weighted by atomic mass is 32.2. The summed E-state index contributed by atoms with van der Waals surface area (Å²) in [6.07, 6.45) is 4.03. The molecule has 0 unspecified atom stereocenters. The van der Waals surface area contributed by atoms with Crippen LogP contribution in [0, 0.1) is 13.8 Å². The molecule has 27 heavy (non-hydrogen) atoms. The van der Waals surface area contributed by atoms with Gasteiger partial charge in [0, 0.05) is 0 Å². The second-order valence-electron chi connectivity index (χ2n) is 7.20. The molecule has 0 bridgehead atoms. The van der Waals surface area contributed by atoms with Crippen LogP contribution < -0.4 is 9.62 Å². The number of fused-ring (bicyclic) bond motifs is 1. The van der Waals surface area contributed by atoms with Gasteiger partial charge in [0.05, 0.1) is 18.0 Å². The van der Waals surface area contributed by atoms with E-state index in [4.69, 9.17) is 0 Å². The average Bonchev–Trinajstić information content (AvgIpc) is 2.62. The molecule has 1 aliphatic rings. The fourth-order valence-electron chi connectivity index (χ4n) is 3.66. The Hall–Kier alpha value is -2.34. The zero-order chi connectivity index (χ0) is 19.6. The summed E-state index contributed by atoms with van der Waals surface area (Å²) in [6, 6.07) is 13.5. The van der Waals surface area contributed by atoms with Gasteiger partial charge in [-0.15, -0.1) is 0 Å². The van der Waals surface area contributed by atoms with Crippen LogP contribution in [0.15, 0.2) is 42.5 Å². The number of amides is 1. The number of hydrogen-bond donors (Lipinski definition) is 1. The van der Waals surface area contributed by atoms with Crippen LogP contribution >= 0.6 is 0 Å². The van der Waals surface area contributed by atoms with Gasteiger partial charge in [-0.3, -0.25) is 9.10 Å². The SMILES string of the molecule is Cc1cccc(N(CC(=O)N[C@H]2CCCc3ccccc32)S(C)(=O)=O)c1C. The van der Waals surface area contributed by atoms with E-state index in [2.05, 4.69) is 11.4 Å². The molecule has 6 heteroatoms. The fraction of sp³-hybridized carbons (Fsp3) is 0.381. The van der Waals surface area contributed by atoms with Crippen molar-refractivity contribution in [3.8, 4) is 0 Å². The lowest BCUT2D eigenvalue weighted by atomic mass is 9.88. The molecule has 0 spiro atoms. The number of hydrogen-bond acceptors (Lipinski definition) is 3. The lowest BCUT2D eigenvalue weighted by Gasteiger charge is -2.28. The Morgan fingerprint density at radius 1 is 1.15 bits per heavy atom. The van der Waals surface area contributed by atoms with E-state index in [-0.39, 0.29) is 18.5 Å². The summed E-state index contributed by atoms with van der Waals surface area (Å²) in [6.45, 7) is 3.58. The molecule has 2 aromatic rings. The molecule has 0 radical (unpaired) electrons. The van der Waals surface area contributed by atoms with Crippen LogP contribution in [0.25, 0.3) is 0 Å². The first-order valence-corrected chi connectivity index (χ1v) is 11.0. The van der Waals surface area contributed by atoms with Gasteiger partial charge in [-0.05, 0) is 61.4 Å². The highest BCUT2D eigenvalue weighted by Crippen LogP contribution is 2.30. The maximum atomic E-state index is 12.7. The highest BCUT2D eigenvalue weighted by Gasteiger charge is 2.26. The highest BCUT2D eigenvalue weighted by molar-refractivity contribution is 7.92. The third-order valence-corrected chi connectivity index (χ3v) is 6.36. The number of benzene rings is 2. The Morgan fingerprint density at radius 2 is 1.89 bits per heavy atom. The van der Waals surface area contributed by atoms with E-state index in [0.29, 0.717) is 5.69 Å². The number of nitrogens with zero attached hydrogens (tertiary/aromatic N) is 1. The predicted molar refractivity (Wildman–Crippen MR) is 108 cm³/mol. The number of anilines is 1. The summed E-state index contributed by atoms with van der Waals surface area (Å²) < 4.78 is 25.9. The number of nitrogens with one attached hydrogen (secondary N) is 1. The maximum Gasteiger partial charge on any atom is 0.241 e. The zero-order valence-electron chi connectivity index (χ0n) is 16.0. The van der Waals surface area contributed by atoms with Crippen LogP contribution in [0.3, 0.4) is 0 Å². The molecule has 0 fully saturated rings. The monoisotopic (exact) mass is 386 g/mol. The van der Waals surface area contributed by atoms with Crippen LogP contribution in [0.1, 0.15) is 41.1 Å². The summed E-state index contributed by atoms with van der Waals surface area (Å²) in [5, 5.41) is 3.04. The van der Waals surface area contributed by atoms with E-state index >= 15 is 0 Å². The predicted octanol–water partition coefficient (Wildman–Crippen LogP) is 3.26. The Balaban J connectivity index is 1.82. The van der Waals surface area contributed by atoms with Gasteiger partial charge in [-0.25, -0.2) is 8.42 Å². The van der Waals surface area contributed by atoms with Gasteiger partial charge in [-0.1, -0.05) is 36.4 Å². The number of carbonyl (C=O) groups is 1. The first-order chi connectivity index (χ1) is 12.8. The van der Waals surface area contributed by atoms with Crippen molar-refractivity contribution < 1.29 is 13.2 Å². The molecule has 1 amide bonds. The molecule has 0 heterocycles. The van der Waals surface area contributed by atoms with E-state index in [1.807, 2.05) is 44.2 Å². The van der Waals surface area contributed by atoms with Gasteiger partial charge in [0.15, 0.2) is 0 Å². The van der Waals surface area contributed by atoms with Crippen LogP contribution in [-0.2, 0) is 21.2 Å². The molecule has 0 aromatic heterocycles. The van der Waals surface area contributed by atoms with Gasteiger partial charge < -0.3 is 5.32 Å². The molecular weight excluding hydrogens is 360 g/mol. The Bertz CT molecular complexity index is 954. The first kappa shape index (κ1) is 19.4. The van der Waals surface area contributed by atoms with E-state index in [1.54, 1.807) is 6.07 Å². The van der Waals surface area contributed by atoms with Crippen molar-refractivity contribution in [2.75, 3.05) is 17.1 Å². The van der Waals surface area contributed by atoms with Gasteiger partial charge in [-0.2, -0.15) is 0 Å². The third-order valence-electron chi connectivity index (χ3n) is 5.24. The fourth-order valence-corrected chi connectivity index (χ4v) is 4.57. The third kappa shape index (κ3) is 4.33. The van der Waals surface area contributed by atoms with Crippen LogP contribution in [0.4, 0.5) is 5.69 Å². The molecule has 5 nitrogen and oxygen atoms in total. The van der Waals surface area contributed by atoms with Crippen molar-refractivity contribution in [1.82, 2.24) is 5.32 Å². The minimum absolute atomic E-state index is 0.0672. The molecule has 1 aliphatic carbocycles. The molecule has 0 saturated carbocycles. The van der Waals surface area contributed by atoms with Gasteiger partial charge in [0.1, 0.15) is 6.54 Å². The largest absolute Gasteiger partial charge is 0.348 e. The number of rotatable bonds is 5. The maximum absolute atomic E-state index is 12.7. The van der Waals surface area contributed by atoms with Crippen LogP contribution in [-0.4, -0.2) is 27.1 Å². The second kappa shape index (κ2) is 7.72. The molecule has 0 aliphatic heterocycles. The van der Waals surface area contributed by atoms with E-state index < -0.39 is 10.0 Å². The normalized spacial score (nSPS) is 16.5. The quantitative estimate of drug-likeness (QED) is 0.858. The summed E-state index contributed by atoms with van der Waals surface area (Å²) in [4.78, 5) is 12.7. The summed E-state index contributed by atoms with van der Waals surface area (Å²) in [5.74, 6) is -0.289. The minimum Gasteiger partial charge on any atom is -0.348 e. The van der Waals surface area contributed by atoms with Crippen molar-refractivity contribution >= 4 is 21.6 Å². The number of aryl methyl sites for hydroxylation is 2. The van der Waals surface area contributed by atoms with Gasteiger partial charge in [0.25, 0.3) is 0 Å². The molecule has 1 atom stereocenters. The topological polar surface area (TPSA) is 66.5 Å². The number of carbonyl (C=O) groups excluding carboxylic acids is 1. The number of sulfonamides is 1. The Labute approximate surface area is 161 Å². The van der Waals surface area contributed by atoms with Gasteiger partial charge >= 0.3 is 0 Å². The lowest BCUT2D eigenvalue weighted by Crippen LogP contribution is -2.42. The van der Waals surface area contributed by atoms with Crippen molar-refractivity contribution in [1.29, 1.82) is 0 Å². The van der Waals surface area contributed by atoms with E-state index in [0.717, 1.165) is 42.2 Å². The average molecular weight is 387 g/mol. The van der Waals surface area contributed by atoms with E-state index in [9.17, 15) is 13.2 Å². The van der Waals surface area contributed by atoms with Crippen LogP contribution in [0.2, 0.25) is 0 Å². The minimum atomic E-state index is -3.58. The van der Waals surface area contributed by atoms with Crippen molar-refractivity contribution in [3.05, 3.63) is 64.7 Å². The molecule has 2 aromatic carbocycles. The molecule has 144 valence electrons. The molecule has 0 saturated heterocycles. The molecule has 3 rings (SSSR count). The van der Waals surface area contributed by atoms with Crippen LogP contribution in [0.5, 0.6) is 0 Å². The van der Waals surface area contributed by atoms with Crippen molar-refractivity contribution in [2.24, 2.45) is 0 Å². The summed E-state index contributed by atoms with van der Waals surface area (Å²) in [5.41, 5.74) is 4.79. The first-order valence-electron chi connectivity index (χ1n) is 9.18. The smallest absolute Gasteiger partial charge is 0.241 e. The van der Waals surface area contributed by atoms with E-state index in [1.165, 1.54) is 9.87 Å². The molecular formula is C21H26N2O3S. The van der Waals surface area contributed by atoms with Gasteiger partial charge in [0.2, 0.25) is 15.9 Å². The Kier molecular flexibility index (Phi) is 5.56. The standard InChI is InChI=1S/C21H26N2O3S/c1-15-8-6-13-20(16(15)2)23(27(3,25)26)14-21(24)22-19-12-7-10-17-9-4-5-11-18(17)19/h4-6,8-9,11,13,19H,7,10,12,14H2,1-3H3,(H,22,24)/t19-/m0/s1. The molecule has 1 N–H and O–H groups in total. The lowest BCUT2D eigenvalue weighted by molar-refractivity contribution is -0.120.